The van der Waals surface area contributed by atoms with Crippen LogP contribution < -0.4 is 5.32 Å². The predicted molar refractivity (Wildman–Crippen MR) is 122 cm³/mol. The molecule has 0 aromatic carbocycles. The molecule has 4 aliphatic rings. The minimum Gasteiger partial charge on any atom is -0.395 e. The average Bonchev–Trinajstić information content (AvgIpc) is 3.15. The Bertz CT molecular complexity index is 992. The highest BCUT2D eigenvalue weighted by Crippen LogP contribution is 2.61. The van der Waals surface area contributed by atoms with Gasteiger partial charge in [-0.15, -0.1) is 0 Å². The topological polar surface area (TPSA) is 86.9 Å². The number of carbonyl (C=O) groups is 2. The highest BCUT2D eigenvalue weighted by molar-refractivity contribution is 5.94. The van der Waals surface area contributed by atoms with Gasteiger partial charge in [-0.1, -0.05) is 6.07 Å². The van der Waals surface area contributed by atoms with Crippen molar-refractivity contribution >= 4 is 23.3 Å². The summed E-state index contributed by atoms with van der Waals surface area (Å²) in [7, 11) is 0. The zero-order valence-corrected chi connectivity index (χ0v) is 19.1. The zero-order valence-electron chi connectivity index (χ0n) is 19.1. The van der Waals surface area contributed by atoms with Gasteiger partial charge in [0.2, 0.25) is 5.91 Å². The lowest BCUT2D eigenvalue weighted by Crippen LogP contribution is -2.47. The van der Waals surface area contributed by atoms with Gasteiger partial charge in [0.1, 0.15) is 17.2 Å². The lowest BCUT2D eigenvalue weighted by molar-refractivity contribution is -0.124. The fraction of sp³-hybridized carbons (Fsp3) is 0.640. The fourth-order valence-electron chi connectivity index (χ4n) is 7.10. The Kier molecular flexibility index (Phi) is 5.48. The van der Waals surface area contributed by atoms with Gasteiger partial charge in [0.25, 0.3) is 5.91 Å². The maximum Gasteiger partial charge on any atom is 0.274 e. The highest BCUT2D eigenvalue weighted by Gasteiger charge is 2.51. The van der Waals surface area contributed by atoms with Gasteiger partial charge in [0, 0.05) is 25.2 Å². The van der Waals surface area contributed by atoms with Crippen molar-refractivity contribution in [3.8, 4) is 0 Å². The lowest BCUT2D eigenvalue weighted by Gasteiger charge is -2.56. The highest BCUT2D eigenvalue weighted by atomic mass is 16.3. The number of imidazole rings is 1. The molecule has 2 aromatic rings. The Morgan fingerprint density at radius 1 is 1.19 bits per heavy atom. The average molecular weight is 439 g/mol. The molecule has 2 heterocycles. The maximum absolute atomic E-state index is 13.1. The molecular weight excluding hydrogens is 404 g/mol. The van der Waals surface area contributed by atoms with Gasteiger partial charge in [-0.05, 0) is 87.7 Å². The molecule has 172 valence electrons. The molecule has 2 N–H and O–H groups in total. The van der Waals surface area contributed by atoms with Gasteiger partial charge in [-0.25, -0.2) is 4.98 Å². The first-order valence-electron chi connectivity index (χ1n) is 12.1. The van der Waals surface area contributed by atoms with Crippen molar-refractivity contribution in [3.05, 3.63) is 30.1 Å². The van der Waals surface area contributed by atoms with Crippen LogP contribution in [-0.4, -0.2) is 50.4 Å². The van der Waals surface area contributed by atoms with Gasteiger partial charge in [-0.2, -0.15) is 0 Å². The molecule has 2 amide bonds. The summed E-state index contributed by atoms with van der Waals surface area (Å²) in [5.74, 6) is 2.95. The quantitative estimate of drug-likeness (QED) is 0.690. The number of pyridine rings is 1. The number of carbonyl (C=O) groups excluding carboxylic acids is 2. The number of nitrogens with zero attached hydrogens (tertiary/aromatic N) is 3. The Balaban J connectivity index is 1.33. The first-order chi connectivity index (χ1) is 15.4. The second-order valence-corrected chi connectivity index (χ2v) is 10.7. The van der Waals surface area contributed by atoms with Crippen LogP contribution in [0.4, 0.5) is 5.82 Å². The monoisotopic (exact) mass is 438 g/mol. The Morgan fingerprint density at radius 3 is 2.44 bits per heavy atom. The summed E-state index contributed by atoms with van der Waals surface area (Å²) < 4.78 is 1.78. The SMILES string of the molecule is CC(C)N(CCO)C(=O)c1cn2c(NC(=O)CC34CC5CC(CC(C5)C3)C4)cccc2n1. The Hall–Kier alpha value is -2.41. The molecule has 0 unspecified atom stereocenters. The van der Waals surface area contributed by atoms with Crippen molar-refractivity contribution in [1.82, 2.24) is 14.3 Å². The van der Waals surface area contributed by atoms with E-state index in [1.165, 1.54) is 38.5 Å². The molecule has 0 saturated heterocycles. The molecule has 7 nitrogen and oxygen atoms in total. The number of hydrogen-bond acceptors (Lipinski definition) is 4. The van der Waals surface area contributed by atoms with E-state index in [1.54, 1.807) is 15.5 Å². The van der Waals surface area contributed by atoms with E-state index in [-0.39, 0.29) is 36.4 Å². The molecule has 2 aromatic heterocycles. The normalized spacial score (nSPS) is 28.4. The number of aliphatic hydroxyl groups is 1. The van der Waals surface area contributed by atoms with Crippen LogP contribution in [-0.2, 0) is 4.79 Å². The summed E-state index contributed by atoms with van der Waals surface area (Å²) in [6.45, 7) is 4.00. The first-order valence-corrected chi connectivity index (χ1v) is 12.1. The molecular formula is C25H34N4O3. The van der Waals surface area contributed by atoms with E-state index in [0.29, 0.717) is 23.6 Å². The van der Waals surface area contributed by atoms with E-state index in [9.17, 15) is 14.7 Å². The Labute approximate surface area is 189 Å². The molecule has 6 rings (SSSR count). The molecule has 0 spiro atoms. The van der Waals surface area contributed by atoms with E-state index < -0.39 is 0 Å². The standard InChI is InChI=1S/C25H34N4O3/c1-16(2)28(6-7-30)24(32)20-15-29-21(26-20)4-3-5-22(29)27-23(31)14-25-11-17-8-18(12-25)10-19(9-17)13-25/h3-5,15-19,30H,6-14H2,1-2H3,(H,27,31). The minimum absolute atomic E-state index is 0.0427. The molecule has 4 fully saturated rings. The fourth-order valence-corrected chi connectivity index (χ4v) is 7.10. The number of hydrogen-bond donors (Lipinski definition) is 2. The molecule has 32 heavy (non-hydrogen) atoms. The first kappa shape index (κ1) is 21.4. The lowest BCUT2D eigenvalue weighted by atomic mass is 9.49. The van der Waals surface area contributed by atoms with E-state index >= 15 is 0 Å². The third-order valence-corrected chi connectivity index (χ3v) is 7.90. The van der Waals surface area contributed by atoms with Crippen LogP contribution in [0.25, 0.3) is 5.65 Å². The minimum atomic E-state index is -0.219. The van der Waals surface area contributed by atoms with Crippen LogP contribution in [0.2, 0.25) is 0 Å². The van der Waals surface area contributed by atoms with E-state index in [1.807, 2.05) is 32.0 Å². The second kappa shape index (κ2) is 8.18. The van der Waals surface area contributed by atoms with E-state index in [2.05, 4.69) is 10.3 Å². The third-order valence-electron chi connectivity index (χ3n) is 7.90. The predicted octanol–water partition coefficient (Wildman–Crippen LogP) is 3.72. The summed E-state index contributed by atoms with van der Waals surface area (Å²) in [6.07, 6.45) is 10.00. The summed E-state index contributed by atoms with van der Waals surface area (Å²) >= 11 is 0. The molecule has 0 atom stereocenters. The zero-order chi connectivity index (χ0) is 22.5. The number of fused-ring (bicyclic) bond motifs is 1. The molecule has 0 aliphatic heterocycles. The van der Waals surface area contributed by atoms with Gasteiger partial charge in [-0.3, -0.25) is 14.0 Å². The van der Waals surface area contributed by atoms with Gasteiger partial charge in [0.05, 0.1) is 6.61 Å². The van der Waals surface area contributed by atoms with E-state index in [0.717, 1.165) is 17.8 Å². The van der Waals surface area contributed by atoms with Crippen molar-refractivity contribution < 1.29 is 14.7 Å². The summed E-state index contributed by atoms with van der Waals surface area (Å²) in [6, 6.07) is 5.50. The smallest absolute Gasteiger partial charge is 0.274 e. The summed E-state index contributed by atoms with van der Waals surface area (Å²) in [5, 5.41) is 12.4. The Morgan fingerprint density at radius 2 is 1.84 bits per heavy atom. The maximum atomic E-state index is 13.1. The largest absolute Gasteiger partial charge is 0.395 e. The van der Waals surface area contributed by atoms with Gasteiger partial charge >= 0.3 is 0 Å². The van der Waals surface area contributed by atoms with Crippen LogP contribution in [0.1, 0.15) is 69.3 Å². The third kappa shape index (κ3) is 3.91. The number of aliphatic hydroxyl groups excluding tert-OH is 1. The van der Waals surface area contributed by atoms with Crippen LogP contribution in [0.3, 0.4) is 0 Å². The molecule has 7 heteroatoms. The molecule has 4 saturated carbocycles. The number of nitrogens with one attached hydrogen (secondary N) is 1. The molecule has 0 radical (unpaired) electrons. The van der Waals surface area contributed by atoms with Crippen molar-refractivity contribution in [3.63, 3.8) is 0 Å². The van der Waals surface area contributed by atoms with Crippen molar-refractivity contribution in [2.24, 2.45) is 23.2 Å². The van der Waals surface area contributed by atoms with Gasteiger partial charge in [0.15, 0.2) is 0 Å². The summed E-state index contributed by atoms with van der Waals surface area (Å²) in [4.78, 5) is 32.2. The summed E-state index contributed by atoms with van der Waals surface area (Å²) in [5.41, 5.74) is 1.12. The van der Waals surface area contributed by atoms with Crippen molar-refractivity contribution in [1.29, 1.82) is 0 Å². The van der Waals surface area contributed by atoms with Crippen molar-refractivity contribution in [2.75, 3.05) is 18.5 Å². The number of amides is 2. The second-order valence-electron chi connectivity index (χ2n) is 10.7. The van der Waals surface area contributed by atoms with Crippen LogP contribution in [0, 0.1) is 23.2 Å². The molecule has 4 bridgehead atoms. The molecule has 4 aliphatic carbocycles. The van der Waals surface area contributed by atoms with Crippen molar-refractivity contribution in [2.45, 2.75) is 64.8 Å². The number of anilines is 1. The van der Waals surface area contributed by atoms with E-state index in [4.69, 9.17) is 0 Å². The van der Waals surface area contributed by atoms with Gasteiger partial charge < -0.3 is 15.3 Å². The number of rotatable bonds is 7. The van der Waals surface area contributed by atoms with Crippen LogP contribution in [0.5, 0.6) is 0 Å². The number of aromatic nitrogens is 2. The van der Waals surface area contributed by atoms with Crippen LogP contribution >= 0.6 is 0 Å². The van der Waals surface area contributed by atoms with Crippen LogP contribution in [0.15, 0.2) is 24.4 Å².